The summed E-state index contributed by atoms with van der Waals surface area (Å²) in [5, 5.41) is 4.42. The highest BCUT2D eigenvalue weighted by Crippen LogP contribution is 2.21. The van der Waals surface area contributed by atoms with E-state index >= 15 is 0 Å². The molecule has 2 N–H and O–H groups in total. The van der Waals surface area contributed by atoms with E-state index in [9.17, 15) is 4.79 Å². The maximum absolute atomic E-state index is 12.2. The van der Waals surface area contributed by atoms with Crippen molar-refractivity contribution < 1.29 is 4.79 Å². The Morgan fingerprint density at radius 1 is 1.30 bits per heavy atom. The van der Waals surface area contributed by atoms with Gasteiger partial charge in [0.15, 0.2) is 5.65 Å². The summed E-state index contributed by atoms with van der Waals surface area (Å²) in [5.74, 6) is 0.406. The summed E-state index contributed by atoms with van der Waals surface area (Å²) in [6.07, 6.45) is 0.789. The minimum Gasteiger partial charge on any atom is -0.369 e. The number of carbonyl (C=O) groups is 1. The first-order valence-corrected chi connectivity index (χ1v) is 6.98. The minimum atomic E-state index is 0.0419. The Labute approximate surface area is 118 Å². The quantitative estimate of drug-likeness (QED) is 0.876. The van der Waals surface area contributed by atoms with Gasteiger partial charge in [-0.05, 0) is 20.3 Å². The topological polar surface area (TPSA) is 82.0 Å². The van der Waals surface area contributed by atoms with Crippen LogP contribution in [-0.4, -0.2) is 43.2 Å². The van der Waals surface area contributed by atoms with Crippen molar-refractivity contribution in [2.75, 3.05) is 18.8 Å². The lowest BCUT2D eigenvalue weighted by Gasteiger charge is -2.19. The molecule has 0 aliphatic carbocycles. The van der Waals surface area contributed by atoms with Crippen LogP contribution >= 0.6 is 0 Å². The van der Waals surface area contributed by atoms with E-state index < -0.39 is 0 Å². The maximum atomic E-state index is 12.2. The Balaban J connectivity index is 2.42. The summed E-state index contributed by atoms with van der Waals surface area (Å²) in [6, 6.07) is 0. The Morgan fingerprint density at radius 2 is 1.95 bits per heavy atom. The van der Waals surface area contributed by atoms with Crippen LogP contribution in [0.25, 0.3) is 11.2 Å². The molecule has 0 aliphatic heterocycles. The number of hydrogen-bond acceptors (Lipinski definition) is 4. The van der Waals surface area contributed by atoms with Crippen molar-refractivity contribution in [2.24, 2.45) is 7.05 Å². The smallest absolute Gasteiger partial charge is 0.242 e. The van der Waals surface area contributed by atoms with Crippen LogP contribution in [0.1, 0.15) is 26.5 Å². The molecule has 110 valence electrons. The molecule has 0 fully saturated rings. The van der Waals surface area contributed by atoms with Gasteiger partial charge in [0.2, 0.25) is 11.9 Å². The largest absolute Gasteiger partial charge is 0.369 e. The lowest BCUT2D eigenvalue weighted by Crippen LogP contribution is -2.33. The van der Waals surface area contributed by atoms with Gasteiger partial charge in [-0.3, -0.25) is 14.0 Å². The number of anilines is 1. The summed E-state index contributed by atoms with van der Waals surface area (Å²) in [7, 11) is 1.85. The zero-order valence-electron chi connectivity index (χ0n) is 12.6. The monoisotopic (exact) mass is 278 g/mol. The number of nitrogen functional groups attached to an aromatic ring is 1. The Hall–Kier alpha value is -2.05. The molecule has 2 aromatic rings. The fraction of sp³-hybridized carbons (Fsp3) is 0.615. The van der Waals surface area contributed by atoms with Gasteiger partial charge in [-0.15, -0.1) is 0 Å². The van der Waals surface area contributed by atoms with Crippen molar-refractivity contribution in [3.8, 4) is 0 Å². The van der Waals surface area contributed by atoms with Crippen LogP contribution < -0.4 is 5.73 Å². The van der Waals surface area contributed by atoms with Gasteiger partial charge >= 0.3 is 0 Å². The Kier molecular flexibility index (Phi) is 3.96. The van der Waals surface area contributed by atoms with Gasteiger partial charge < -0.3 is 10.6 Å². The summed E-state index contributed by atoms with van der Waals surface area (Å²) in [4.78, 5) is 18.4. The number of likely N-dealkylation sites (N-methyl/N-ethyl adjacent to an activating group) is 1. The molecule has 2 aromatic heterocycles. The third kappa shape index (κ3) is 2.23. The molecule has 0 aliphatic rings. The SMILES string of the molecule is CCc1nn(C)c2c1nc(N)n2CC(=O)N(CC)CC. The van der Waals surface area contributed by atoms with Crippen LogP contribution in [0.2, 0.25) is 0 Å². The molecule has 7 nitrogen and oxygen atoms in total. The molecular formula is C13H22N6O. The molecule has 2 rings (SSSR count). The zero-order valence-corrected chi connectivity index (χ0v) is 12.6. The highest BCUT2D eigenvalue weighted by atomic mass is 16.2. The number of hydrogen-bond donors (Lipinski definition) is 1. The molecule has 0 spiro atoms. The predicted octanol–water partition coefficient (Wildman–Crippen LogP) is 0.783. The summed E-state index contributed by atoms with van der Waals surface area (Å²) in [5.41, 5.74) is 8.46. The number of nitrogens with zero attached hydrogens (tertiary/aromatic N) is 5. The molecule has 20 heavy (non-hydrogen) atoms. The summed E-state index contributed by atoms with van der Waals surface area (Å²) in [6.45, 7) is 7.54. The minimum absolute atomic E-state index is 0.0419. The summed E-state index contributed by atoms with van der Waals surface area (Å²) >= 11 is 0. The van der Waals surface area contributed by atoms with Crippen molar-refractivity contribution in [1.29, 1.82) is 0 Å². The van der Waals surface area contributed by atoms with Crippen LogP contribution in [0.15, 0.2) is 0 Å². The van der Waals surface area contributed by atoms with Crippen molar-refractivity contribution >= 4 is 23.0 Å². The van der Waals surface area contributed by atoms with E-state index in [0.29, 0.717) is 19.0 Å². The van der Waals surface area contributed by atoms with Crippen molar-refractivity contribution in [3.63, 3.8) is 0 Å². The number of nitrogens with two attached hydrogens (primary N) is 1. The van der Waals surface area contributed by atoms with Crippen LogP contribution in [0.3, 0.4) is 0 Å². The standard InChI is InChI=1S/C13H22N6O/c1-5-9-11-12(17(4)16-9)19(13(14)15-11)8-10(20)18(6-2)7-3/h5-8H2,1-4H3,(H2,14,15). The van der Waals surface area contributed by atoms with Crippen molar-refractivity contribution in [1.82, 2.24) is 24.2 Å². The predicted molar refractivity (Wildman–Crippen MR) is 78.2 cm³/mol. The second-order valence-electron chi connectivity index (χ2n) is 4.72. The van der Waals surface area contributed by atoms with E-state index in [4.69, 9.17) is 5.73 Å². The third-order valence-corrected chi connectivity index (χ3v) is 3.57. The molecule has 0 atom stereocenters. The van der Waals surface area contributed by atoms with Gasteiger partial charge in [-0.25, -0.2) is 4.98 Å². The van der Waals surface area contributed by atoms with E-state index in [1.165, 1.54) is 0 Å². The molecule has 7 heteroatoms. The van der Waals surface area contributed by atoms with Gasteiger partial charge in [0.1, 0.15) is 12.1 Å². The van der Waals surface area contributed by atoms with Gasteiger partial charge in [-0.1, -0.05) is 6.92 Å². The molecule has 0 aromatic carbocycles. The summed E-state index contributed by atoms with van der Waals surface area (Å²) < 4.78 is 3.48. The first kappa shape index (κ1) is 14.4. The van der Waals surface area contributed by atoms with Crippen molar-refractivity contribution in [2.45, 2.75) is 33.7 Å². The van der Waals surface area contributed by atoms with E-state index in [0.717, 1.165) is 23.3 Å². The normalized spacial score (nSPS) is 11.2. The highest BCUT2D eigenvalue weighted by molar-refractivity contribution is 5.82. The Bertz CT molecular complexity index is 622. The van der Waals surface area contributed by atoms with Gasteiger partial charge in [0, 0.05) is 20.1 Å². The van der Waals surface area contributed by atoms with Gasteiger partial charge in [0.25, 0.3) is 0 Å². The molecule has 0 saturated heterocycles. The van der Waals surface area contributed by atoms with Crippen LogP contribution in [-0.2, 0) is 24.8 Å². The van der Waals surface area contributed by atoms with E-state index in [1.807, 2.05) is 27.8 Å². The van der Waals surface area contributed by atoms with Gasteiger partial charge in [-0.2, -0.15) is 5.10 Å². The van der Waals surface area contributed by atoms with E-state index in [-0.39, 0.29) is 12.5 Å². The number of fused-ring (bicyclic) bond motifs is 1. The molecule has 0 bridgehead atoms. The molecule has 0 unspecified atom stereocenters. The molecular weight excluding hydrogens is 256 g/mol. The average Bonchev–Trinajstić information content (AvgIpc) is 2.90. The molecule has 1 amide bonds. The molecule has 0 saturated carbocycles. The van der Waals surface area contributed by atoms with Crippen LogP contribution in [0.4, 0.5) is 5.95 Å². The lowest BCUT2D eigenvalue weighted by molar-refractivity contribution is -0.131. The van der Waals surface area contributed by atoms with E-state index in [2.05, 4.69) is 10.1 Å². The number of aromatic nitrogens is 4. The first-order valence-electron chi connectivity index (χ1n) is 6.98. The number of rotatable bonds is 5. The Morgan fingerprint density at radius 3 is 2.50 bits per heavy atom. The molecule has 2 heterocycles. The number of carbonyl (C=O) groups excluding carboxylic acids is 1. The second-order valence-corrected chi connectivity index (χ2v) is 4.72. The van der Waals surface area contributed by atoms with E-state index in [1.54, 1.807) is 14.1 Å². The fourth-order valence-electron chi connectivity index (χ4n) is 2.46. The second kappa shape index (κ2) is 5.52. The fourth-order valence-corrected chi connectivity index (χ4v) is 2.46. The first-order chi connectivity index (χ1) is 9.53. The highest BCUT2D eigenvalue weighted by Gasteiger charge is 2.20. The van der Waals surface area contributed by atoms with Crippen LogP contribution in [0, 0.1) is 0 Å². The zero-order chi connectivity index (χ0) is 14.9. The average molecular weight is 278 g/mol. The van der Waals surface area contributed by atoms with Crippen LogP contribution in [0.5, 0.6) is 0 Å². The third-order valence-electron chi connectivity index (χ3n) is 3.57. The molecule has 0 radical (unpaired) electrons. The van der Waals surface area contributed by atoms with Crippen molar-refractivity contribution in [3.05, 3.63) is 5.69 Å². The lowest BCUT2D eigenvalue weighted by atomic mass is 10.3. The number of aryl methyl sites for hydroxylation is 2. The number of amides is 1. The maximum Gasteiger partial charge on any atom is 0.242 e. The van der Waals surface area contributed by atoms with Gasteiger partial charge in [0.05, 0.1) is 5.69 Å². The number of imidazole rings is 1.